The first kappa shape index (κ1) is 12.7. The molecule has 4 nitrogen and oxygen atoms in total. The van der Waals surface area contributed by atoms with Crippen LogP contribution in [-0.2, 0) is 0 Å². The molecule has 1 aromatic rings. The molecule has 0 amide bonds. The van der Waals surface area contributed by atoms with Gasteiger partial charge >= 0.3 is 0 Å². The minimum absolute atomic E-state index is 0.537. The Morgan fingerprint density at radius 3 is 2.94 bits per heavy atom. The zero-order chi connectivity index (χ0) is 13.1. The number of nitrogen functional groups attached to an aromatic ring is 1. The van der Waals surface area contributed by atoms with Crippen molar-refractivity contribution in [3.8, 4) is 6.07 Å². The second-order valence-corrected chi connectivity index (χ2v) is 5.14. The second-order valence-electron chi connectivity index (χ2n) is 5.14. The van der Waals surface area contributed by atoms with Gasteiger partial charge in [-0.2, -0.15) is 5.26 Å². The first-order valence-corrected chi connectivity index (χ1v) is 6.33. The van der Waals surface area contributed by atoms with Gasteiger partial charge in [-0.25, -0.2) is 0 Å². The third-order valence-corrected chi connectivity index (χ3v) is 3.44. The summed E-state index contributed by atoms with van der Waals surface area (Å²) in [6, 6.07) is 8.45. The fourth-order valence-corrected chi connectivity index (χ4v) is 2.61. The van der Waals surface area contributed by atoms with Crippen molar-refractivity contribution in [3.63, 3.8) is 0 Å². The van der Waals surface area contributed by atoms with Gasteiger partial charge < -0.3 is 15.5 Å². The number of hydrogen-bond acceptors (Lipinski definition) is 4. The Bertz CT molecular complexity index is 461. The third kappa shape index (κ3) is 2.57. The van der Waals surface area contributed by atoms with Crippen LogP contribution in [0.15, 0.2) is 18.2 Å². The molecule has 0 spiro atoms. The zero-order valence-electron chi connectivity index (χ0n) is 11.1. The van der Waals surface area contributed by atoms with Crippen molar-refractivity contribution >= 4 is 11.4 Å². The van der Waals surface area contributed by atoms with Crippen molar-refractivity contribution in [2.75, 3.05) is 37.8 Å². The average Bonchev–Trinajstić information content (AvgIpc) is 2.77. The number of rotatable bonds is 3. The van der Waals surface area contributed by atoms with Crippen molar-refractivity contribution in [1.29, 1.82) is 5.26 Å². The molecule has 1 aliphatic heterocycles. The lowest BCUT2D eigenvalue weighted by Gasteiger charge is -2.29. The fraction of sp³-hybridized carbons (Fsp3) is 0.500. The number of nitrogens with zero attached hydrogens (tertiary/aromatic N) is 3. The van der Waals surface area contributed by atoms with Crippen LogP contribution < -0.4 is 10.6 Å². The highest BCUT2D eigenvalue weighted by Crippen LogP contribution is 2.28. The minimum atomic E-state index is 0.537. The summed E-state index contributed by atoms with van der Waals surface area (Å²) >= 11 is 0. The second kappa shape index (κ2) is 5.28. The number of nitriles is 1. The number of hydrogen-bond donors (Lipinski definition) is 1. The van der Waals surface area contributed by atoms with E-state index in [-0.39, 0.29) is 0 Å². The molecule has 1 heterocycles. The summed E-state index contributed by atoms with van der Waals surface area (Å²) in [5, 5.41) is 9.04. The van der Waals surface area contributed by atoms with Crippen molar-refractivity contribution in [1.82, 2.24) is 4.90 Å². The van der Waals surface area contributed by atoms with Crippen LogP contribution in [0.1, 0.15) is 18.4 Å². The van der Waals surface area contributed by atoms with Crippen molar-refractivity contribution in [2.45, 2.75) is 18.9 Å². The van der Waals surface area contributed by atoms with Gasteiger partial charge in [0, 0.05) is 30.5 Å². The molecule has 18 heavy (non-hydrogen) atoms. The van der Waals surface area contributed by atoms with Crippen LogP contribution in [-0.4, -0.2) is 38.1 Å². The summed E-state index contributed by atoms with van der Waals surface area (Å²) in [7, 11) is 4.19. The van der Waals surface area contributed by atoms with Gasteiger partial charge in [0.1, 0.15) is 6.07 Å². The molecule has 1 aliphatic rings. The van der Waals surface area contributed by atoms with E-state index in [1.165, 1.54) is 12.8 Å². The Balaban J connectivity index is 2.22. The highest BCUT2D eigenvalue weighted by Gasteiger charge is 2.25. The average molecular weight is 244 g/mol. The maximum Gasteiger partial charge on any atom is 0.101 e. The highest BCUT2D eigenvalue weighted by atomic mass is 15.2. The van der Waals surface area contributed by atoms with Gasteiger partial charge in [0.25, 0.3) is 0 Å². The molecule has 0 aliphatic carbocycles. The van der Waals surface area contributed by atoms with Crippen molar-refractivity contribution < 1.29 is 0 Å². The van der Waals surface area contributed by atoms with Gasteiger partial charge in [-0.05, 0) is 45.1 Å². The SMILES string of the molecule is CN(C)CC1CCCN1c1ccc(N)c(C#N)c1. The van der Waals surface area contributed by atoms with Crippen molar-refractivity contribution in [3.05, 3.63) is 23.8 Å². The summed E-state index contributed by atoms with van der Waals surface area (Å²) in [6.45, 7) is 2.11. The number of nitrogens with two attached hydrogens (primary N) is 1. The third-order valence-electron chi connectivity index (χ3n) is 3.44. The summed E-state index contributed by atoms with van der Waals surface area (Å²) < 4.78 is 0. The van der Waals surface area contributed by atoms with Crippen LogP contribution in [0.4, 0.5) is 11.4 Å². The molecule has 96 valence electrons. The number of likely N-dealkylation sites (N-methyl/N-ethyl adjacent to an activating group) is 1. The first-order valence-electron chi connectivity index (χ1n) is 6.33. The quantitative estimate of drug-likeness (QED) is 0.822. The van der Waals surface area contributed by atoms with Crippen LogP contribution in [0.5, 0.6) is 0 Å². The number of benzene rings is 1. The smallest absolute Gasteiger partial charge is 0.101 e. The Morgan fingerprint density at radius 2 is 2.28 bits per heavy atom. The van der Waals surface area contributed by atoms with E-state index >= 15 is 0 Å². The van der Waals surface area contributed by atoms with Crippen LogP contribution >= 0.6 is 0 Å². The Morgan fingerprint density at radius 1 is 1.50 bits per heavy atom. The molecule has 2 N–H and O–H groups in total. The van der Waals surface area contributed by atoms with Crippen LogP contribution in [0, 0.1) is 11.3 Å². The fourth-order valence-electron chi connectivity index (χ4n) is 2.61. The van der Waals surface area contributed by atoms with Crippen molar-refractivity contribution in [2.24, 2.45) is 0 Å². The van der Waals surface area contributed by atoms with E-state index in [9.17, 15) is 0 Å². The highest BCUT2D eigenvalue weighted by molar-refractivity contribution is 5.63. The molecule has 0 bridgehead atoms. The molecule has 4 heteroatoms. The summed E-state index contributed by atoms with van der Waals surface area (Å²) in [6.07, 6.45) is 2.43. The summed E-state index contributed by atoms with van der Waals surface area (Å²) in [5.41, 5.74) is 8.01. The van der Waals surface area contributed by atoms with Gasteiger partial charge in [-0.1, -0.05) is 0 Å². The van der Waals surface area contributed by atoms with Gasteiger partial charge in [0.2, 0.25) is 0 Å². The molecule has 2 rings (SSSR count). The summed E-state index contributed by atoms with van der Waals surface area (Å²) in [4.78, 5) is 4.60. The zero-order valence-corrected chi connectivity index (χ0v) is 11.1. The van der Waals surface area contributed by atoms with E-state index in [0.717, 1.165) is 18.8 Å². The Labute approximate surface area is 109 Å². The molecule has 1 unspecified atom stereocenters. The van der Waals surface area contributed by atoms with Crippen LogP contribution in [0.25, 0.3) is 0 Å². The lowest BCUT2D eigenvalue weighted by molar-refractivity contribution is 0.372. The van der Waals surface area contributed by atoms with Gasteiger partial charge in [-0.15, -0.1) is 0 Å². The molecule has 0 aromatic heterocycles. The first-order chi connectivity index (χ1) is 8.61. The molecule has 1 atom stereocenters. The molecular weight excluding hydrogens is 224 g/mol. The maximum absolute atomic E-state index is 9.04. The van der Waals surface area contributed by atoms with E-state index < -0.39 is 0 Å². The predicted molar refractivity (Wildman–Crippen MR) is 74.5 cm³/mol. The Hall–Kier alpha value is -1.73. The van der Waals surface area contributed by atoms with E-state index in [0.29, 0.717) is 17.3 Å². The largest absolute Gasteiger partial charge is 0.398 e. The topological polar surface area (TPSA) is 56.3 Å². The number of anilines is 2. The molecule has 0 radical (unpaired) electrons. The lowest BCUT2D eigenvalue weighted by atomic mass is 10.1. The van der Waals surface area contributed by atoms with E-state index in [2.05, 4.69) is 30.0 Å². The lowest BCUT2D eigenvalue weighted by Crippen LogP contribution is -2.37. The summed E-state index contributed by atoms with van der Waals surface area (Å²) in [5.74, 6) is 0. The van der Waals surface area contributed by atoms with Gasteiger partial charge in [0.15, 0.2) is 0 Å². The van der Waals surface area contributed by atoms with Gasteiger partial charge in [0.05, 0.1) is 5.56 Å². The predicted octanol–water partition coefficient (Wildman–Crippen LogP) is 1.67. The maximum atomic E-state index is 9.04. The molecular formula is C14H20N4. The van der Waals surface area contributed by atoms with Crippen LogP contribution in [0.2, 0.25) is 0 Å². The normalized spacial score (nSPS) is 19.2. The van der Waals surface area contributed by atoms with E-state index in [1.807, 2.05) is 18.2 Å². The van der Waals surface area contributed by atoms with Crippen LogP contribution in [0.3, 0.4) is 0 Å². The Kier molecular flexibility index (Phi) is 3.73. The molecule has 1 aromatic carbocycles. The standard InChI is InChI=1S/C14H20N4/c1-17(2)10-13-4-3-7-18(13)12-5-6-14(16)11(8-12)9-15/h5-6,8,13H,3-4,7,10,16H2,1-2H3. The molecule has 1 fully saturated rings. The molecule has 0 saturated carbocycles. The van der Waals surface area contributed by atoms with E-state index in [1.54, 1.807) is 0 Å². The minimum Gasteiger partial charge on any atom is -0.398 e. The molecule has 1 saturated heterocycles. The van der Waals surface area contributed by atoms with Gasteiger partial charge in [-0.3, -0.25) is 0 Å². The monoisotopic (exact) mass is 244 g/mol. The van der Waals surface area contributed by atoms with E-state index in [4.69, 9.17) is 11.0 Å².